The van der Waals surface area contributed by atoms with Crippen LogP contribution in [0, 0.1) is 0 Å². The molecule has 0 saturated carbocycles. The van der Waals surface area contributed by atoms with Crippen LogP contribution in [0.2, 0.25) is 0 Å². The Labute approximate surface area is 124 Å². The number of carbonyl (C=O) groups is 2. The van der Waals surface area contributed by atoms with Gasteiger partial charge in [-0.05, 0) is 34.6 Å². The van der Waals surface area contributed by atoms with Crippen LogP contribution in [0.3, 0.4) is 0 Å². The summed E-state index contributed by atoms with van der Waals surface area (Å²) in [7, 11) is 0. The number of carbonyl (C=O) groups excluding carboxylic acids is 1. The largest absolute Gasteiger partial charge is 0.480 e. The lowest BCUT2D eigenvalue weighted by Gasteiger charge is -2.33. The zero-order chi connectivity index (χ0) is 16.2. The van der Waals surface area contributed by atoms with Gasteiger partial charge in [-0.2, -0.15) is 5.10 Å². The number of hydrogen-bond donors (Lipinski definition) is 2. The summed E-state index contributed by atoms with van der Waals surface area (Å²) in [5, 5.41) is 15.9. The lowest BCUT2D eigenvalue weighted by molar-refractivity contribution is -0.140. The van der Waals surface area contributed by atoms with Gasteiger partial charge in [-0.15, -0.1) is 0 Å². The highest BCUT2D eigenvalue weighted by Crippen LogP contribution is 2.15. The number of nitrogens with zero attached hydrogens (tertiary/aromatic N) is 3. The summed E-state index contributed by atoms with van der Waals surface area (Å²) in [5.41, 5.74) is -0.409. The summed E-state index contributed by atoms with van der Waals surface area (Å²) in [6, 6.07) is 1.85. The van der Waals surface area contributed by atoms with E-state index >= 15 is 0 Å². The van der Waals surface area contributed by atoms with Crippen molar-refractivity contribution >= 4 is 17.7 Å². The summed E-state index contributed by atoms with van der Waals surface area (Å²) in [6.45, 7) is 9.40. The molecule has 0 aromatic carbocycles. The van der Waals surface area contributed by atoms with Gasteiger partial charge in [-0.3, -0.25) is 14.5 Å². The number of hydrogen-bond acceptors (Lipinski definition) is 4. The summed E-state index contributed by atoms with van der Waals surface area (Å²) in [6.07, 6.45) is 1.62. The molecule has 0 unspecified atom stereocenters. The SMILES string of the molecule is CC(C)n1nccc1NC(=O)CN(CC(=O)O)C(C)(C)C. The van der Waals surface area contributed by atoms with E-state index < -0.39 is 11.5 Å². The van der Waals surface area contributed by atoms with Crippen molar-refractivity contribution in [3.05, 3.63) is 12.3 Å². The van der Waals surface area contributed by atoms with Crippen molar-refractivity contribution < 1.29 is 14.7 Å². The highest BCUT2D eigenvalue weighted by Gasteiger charge is 2.26. The third-order valence-electron chi connectivity index (χ3n) is 3.04. The van der Waals surface area contributed by atoms with Gasteiger partial charge in [0, 0.05) is 17.6 Å². The fraction of sp³-hybridized carbons (Fsp3) is 0.643. The predicted octanol–water partition coefficient (Wildman–Crippen LogP) is 1.59. The van der Waals surface area contributed by atoms with E-state index in [1.54, 1.807) is 21.8 Å². The molecule has 2 N–H and O–H groups in total. The minimum absolute atomic E-state index is 0.0130. The van der Waals surface area contributed by atoms with Gasteiger partial charge >= 0.3 is 5.97 Å². The van der Waals surface area contributed by atoms with Crippen molar-refractivity contribution in [2.45, 2.75) is 46.2 Å². The Morgan fingerprint density at radius 1 is 1.38 bits per heavy atom. The van der Waals surface area contributed by atoms with Crippen LogP contribution >= 0.6 is 0 Å². The molecule has 1 rings (SSSR count). The first-order chi connectivity index (χ1) is 9.61. The molecule has 7 heteroatoms. The van der Waals surface area contributed by atoms with Crippen LogP contribution in [0.25, 0.3) is 0 Å². The first kappa shape index (κ1) is 17.2. The van der Waals surface area contributed by atoms with Gasteiger partial charge in [0.25, 0.3) is 0 Å². The minimum Gasteiger partial charge on any atom is -0.480 e. The Kier molecular flexibility index (Phi) is 5.48. The molecular formula is C14H24N4O3. The Morgan fingerprint density at radius 2 is 2.00 bits per heavy atom. The third-order valence-corrected chi connectivity index (χ3v) is 3.04. The van der Waals surface area contributed by atoms with E-state index in [9.17, 15) is 9.59 Å². The molecule has 0 radical (unpaired) electrons. The van der Waals surface area contributed by atoms with Crippen molar-refractivity contribution in [1.29, 1.82) is 0 Å². The van der Waals surface area contributed by atoms with E-state index in [0.29, 0.717) is 5.82 Å². The molecule has 0 aliphatic carbocycles. The highest BCUT2D eigenvalue weighted by atomic mass is 16.4. The summed E-state index contributed by atoms with van der Waals surface area (Å²) in [4.78, 5) is 24.7. The summed E-state index contributed by atoms with van der Waals surface area (Å²) < 4.78 is 1.70. The average Bonchev–Trinajstić information content (AvgIpc) is 2.74. The normalized spacial score (nSPS) is 12.0. The van der Waals surface area contributed by atoms with Crippen molar-refractivity contribution in [2.24, 2.45) is 0 Å². The van der Waals surface area contributed by atoms with E-state index in [-0.39, 0.29) is 25.0 Å². The summed E-state index contributed by atoms with van der Waals surface area (Å²) >= 11 is 0. The molecule has 0 spiro atoms. The molecule has 0 bridgehead atoms. The average molecular weight is 296 g/mol. The number of aliphatic carboxylic acids is 1. The van der Waals surface area contributed by atoms with Gasteiger partial charge in [-0.1, -0.05) is 0 Å². The van der Waals surface area contributed by atoms with Crippen LogP contribution in [0.1, 0.15) is 40.7 Å². The maximum Gasteiger partial charge on any atom is 0.317 e. The van der Waals surface area contributed by atoms with Gasteiger partial charge in [0.2, 0.25) is 5.91 Å². The molecule has 7 nitrogen and oxygen atoms in total. The maximum absolute atomic E-state index is 12.1. The van der Waals surface area contributed by atoms with Gasteiger partial charge < -0.3 is 10.4 Å². The number of amides is 1. The fourth-order valence-electron chi connectivity index (χ4n) is 1.87. The molecule has 0 aliphatic rings. The third kappa shape index (κ3) is 5.18. The molecule has 0 aliphatic heterocycles. The zero-order valence-corrected chi connectivity index (χ0v) is 13.3. The molecule has 1 aromatic rings. The topological polar surface area (TPSA) is 87.5 Å². The lowest BCUT2D eigenvalue weighted by atomic mass is 10.1. The van der Waals surface area contributed by atoms with E-state index in [1.807, 2.05) is 34.6 Å². The number of rotatable bonds is 6. The zero-order valence-electron chi connectivity index (χ0n) is 13.3. The Bertz CT molecular complexity index is 503. The molecule has 0 saturated heterocycles. The fourth-order valence-corrected chi connectivity index (χ4v) is 1.87. The van der Waals surface area contributed by atoms with Gasteiger partial charge in [-0.25, -0.2) is 4.68 Å². The van der Waals surface area contributed by atoms with Crippen LogP contribution in [0.4, 0.5) is 5.82 Å². The maximum atomic E-state index is 12.1. The molecule has 118 valence electrons. The first-order valence-corrected chi connectivity index (χ1v) is 6.91. The summed E-state index contributed by atoms with van der Waals surface area (Å²) in [5.74, 6) is -0.599. The predicted molar refractivity (Wildman–Crippen MR) is 80.2 cm³/mol. The quantitative estimate of drug-likeness (QED) is 0.832. The Morgan fingerprint density at radius 3 is 2.48 bits per heavy atom. The van der Waals surface area contributed by atoms with Gasteiger partial charge in [0.05, 0.1) is 19.3 Å². The van der Waals surface area contributed by atoms with Crippen LogP contribution in [0.15, 0.2) is 12.3 Å². The molecule has 1 heterocycles. The number of aromatic nitrogens is 2. The van der Waals surface area contributed by atoms with Crippen LogP contribution in [-0.2, 0) is 9.59 Å². The number of anilines is 1. The minimum atomic E-state index is -0.954. The van der Waals surface area contributed by atoms with Crippen molar-refractivity contribution in [2.75, 3.05) is 18.4 Å². The Balaban J connectivity index is 2.74. The second-order valence-corrected chi connectivity index (χ2v) is 6.22. The Hall–Kier alpha value is -1.89. The van der Waals surface area contributed by atoms with Crippen molar-refractivity contribution in [3.63, 3.8) is 0 Å². The highest BCUT2D eigenvalue weighted by molar-refractivity contribution is 5.91. The van der Waals surface area contributed by atoms with Gasteiger partial charge in [0.1, 0.15) is 5.82 Å². The number of carboxylic acids is 1. The lowest BCUT2D eigenvalue weighted by Crippen LogP contribution is -2.48. The second kappa shape index (κ2) is 6.71. The first-order valence-electron chi connectivity index (χ1n) is 6.91. The molecule has 1 aromatic heterocycles. The van der Waals surface area contributed by atoms with E-state index in [1.165, 1.54) is 0 Å². The van der Waals surface area contributed by atoms with Crippen molar-refractivity contribution in [3.8, 4) is 0 Å². The number of carboxylic acid groups (broad SMARTS) is 1. The van der Waals surface area contributed by atoms with E-state index in [2.05, 4.69) is 10.4 Å². The second-order valence-electron chi connectivity index (χ2n) is 6.22. The van der Waals surface area contributed by atoms with Crippen LogP contribution in [-0.4, -0.2) is 50.3 Å². The monoisotopic (exact) mass is 296 g/mol. The molecule has 0 atom stereocenters. The van der Waals surface area contributed by atoms with E-state index in [0.717, 1.165) is 0 Å². The molecule has 21 heavy (non-hydrogen) atoms. The van der Waals surface area contributed by atoms with Crippen molar-refractivity contribution in [1.82, 2.24) is 14.7 Å². The molecule has 1 amide bonds. The van der Waals surface area contributed by atoms with Crippen LogP contribution < -0.4 is 5.32 Å². The smallest absolute Gasteiger partial charge is 0.317 e. The van der Waals surface area contributed by atoms with Gasteiger partial charge in [0.15, 0.2) is 0 Å². The molecule has 0 fully saturated rings. The molecular weight excluding hydrogens is 272 g/mol. The van der Waals surface area contributed by atoms with E-state index in [4.69, 9.17) is 5.11 Å². The number of nitrogens with one attached hydrogen (secondary N) is 1. The standard InChI is InChI=1S/C14H24N4O3/c1-10(2)18-11(6-7-15-18)16-12(19)8-17(9-13(20)21)14(3,4)5/h6-7,10H,8-9H2,1-5H3,(H,16,19)(H,20,21). The van der Waals surface area contributed by atoms with Crippen LogP contribution in [0.5, 0.6) is 0 Å².